The fourth-order valence-corrected chi connectivity index (χ4v) is 3.23. The van der Waals surface area contributed by atoms with Gasteiger partial charge in [0.1, 0.15) is 11.6 Å². The fourth-order valence-electron chi connectivity index (χ4n) is 2.99. The van der Waals surface area contributed by atoms with Gasteiger partial charge in [-0.05, 0) is 17.7 Å². The molecule has 1 aliphatic rings. The monoisotopic (exact) mass is 338 g/mol. The van der Waals surface area contributed by atoms with E-state index in [1.54, 1.807) is 17.2 Å². The van der Waals surface area contributed by atoms with Gasteiger partial charge in [-0.1, -0.05) is 17.7 Å². The molecule has 23 heavy (non-hydrogen) atoms. The molecule has 2 atom stereocenters. The summed E-state index contributed by atoms with van der Waals surface area (Å²) in [5.74, 6) is -3.84. The lowest BCUT2D eigenvalue weighted by Crippen LogP contribution is -2.23. The van der Waals surface area contributed by atoms with Gasteiger partial charge in [0.25, 0.3) is 0 Å². The molecule has 2 heterocycles. The van der Waals surface area contributed by atoms with Crippen LogP contribution in [0, 0.1) is 17.6 Å². The van der Waals surface area contributed by atoms with Crippen LogP contribution in [0.4, 0.5) is 14.5 Å². The zero-order valence-corrected chi connectivity index (χ0v) is 12.7. The molecule has 4 nitrogen and oxygen atoms in total. The Hall–Kier alpha value is -2.21. The Bertz CT molecular complexity index is 757. The molecule has 0 spiro atoms. The van der Waals surface area contributed by atoms with Gasteiger partial charge in [-0.3, -0.25) is 9.78 Å². The zero-order chi connectivity index (χ0) is 16.6. The van der Waals surface area contributed by atoms with Crippen LogP contribution in [0.25, 0.3) is 0 Å². The van der Waals surface area contributed by atoms with Crippen molar-refractivity contribution >= 4 is 23.3 Å². The van der Waals surface area contributed by atoms with Crippen molar-refractivity contribution in [3.05, 3.63) is 58.9 Å². The molecule has 1 saturated heterocycles. The molecule has 3 rings (SSSR count). The topological polar surface area (TPSA) is 53.4 Å². The maximum absolute atomic E-state index is 14.1. The number of carbonyl (C=O) groups is 1. The number of hydrogen-bond acceptors (Lipinski definition) is 3. The van der Waals surface area contributed by atoms with Crippen LogP contribution in [0.2, 0.25) is 5.02 Å². The first-order valence-electron chi connectivity index (χ1n) is 6.99. The molecular weight excluding hydrogens is 326 g/mol. The molecule has 1 aromatic carbocycles. The quantitative estimate of drug-likeness (QED) is 0.932. The second-order valence-corrected chi connectivity index (χ2v) is 5.86. The lowest BCUT2D eigenvalue weighted by Gasteiger charge is -2.19. The SMILES string of the molecule is O=C(O)[C@@H]1CN(c2ccncc2Cl)C[C@H]1c1ccc(F)cc1F. The highest BCUT2D eigenvalue weighted by molar-refractivity contribution is 6.33. The molecule has 1 aromatic heterocycles. The van der Waals surface area contributed by atoms with Gasteiger partial charge in [0.05, 0.1) is 16.6 Å². The van der Waals surface area contributed by atoms with Crippen LogP contribution >= 0.6 is 11.6 Å². The van der Waals surface area contributed by atoms with Crippen molar-refractivity contribution in [2.45, 2.75) is 5.92 Å². The van der Waals surface area contributed by atoms with Crippen molar-refractivity contribution in [1.29, 1.82) is 0 Å². The maximum Gasteiger partial charge on any atom is 0.308 e. The predicted molar refractivity (Wildman–Crippen MR) is 81.7 cm³/mol. The average molecular weight is 339 g/mol. The van der Waals surface area contributed by atoms with Crippen molar-refractivity contribution in [3.63, 3.8) is 0 Å². The Kier molecular flexibility index (Phi) is 4.17. The summed E-state index contributed by atoms with van der Waals surface area (Å²) in [6.07, 6.45) is 3.03. The summed E-state index contributed by atoms with van der Waals surface area (Å²) in [7, 11) is 0. The highest BCUT2D eigenvalue weighted by atomic mass is 35.5. The van der Waals surface area contributed by atoms with E-state index >= 15 is 0 Å². The largest absolute Gasteiger partial charge is 0.481 e. The number of carboxylic acids is 1. The summed E-state index contributed by atoms with van der Waals surface area (Å²) < 4.78 is 27.2. The lowest BCUT2D eigenvalue weighted by atomic mass is 9.88. The van der Waals surface area contributed by atoms with E-state index in [9.17, 15) is 18.7 Å². The highest BCUT2D eigenvalue weighted by Crippen LogP contribution is 2.38. The van der Waals surface area contributed by atoms with Crippen molar-refractivity contribution in [3.8, 4) is 0 Å². The average Bonchev–Trinajstić information content (AvgIpc) is 2.92. The number of carboxylic acid groups (broad SMARTS) is 1. The second kappa shape index (κ2) is 6.12. The van der Waals surface area contributed by atoms with Crippen LogP contribution in [0.1, 0.15) is 11.5 Å². The van der Waals surface area contributed by atoms with Crippen LogP contribution in [0.3, 0.4) is 0 Å². The Labute approximate surface area is 136 Å². The molecule has 7 heteroatoms. The third kappa shape index (κ3) is 2.99. The summed E-state index contributed by atoms with van der Waals surface area (Å²) in [6, 6.07) is 4.91. The smallest absolute Gasteiger partial charge is 0.308 e. The van der Waals surface area contributed by atoms with Crippen molar-refractivity contribution in [2.75, 3.05) is 18.0 Å². The van der Waals surface area contributed by atoms with Gasteiger partial charge in [-0.15, -0.1) is 0 Å². The summed E-state index contributed by atoms with van der Waals surface area (Å²) >= 11 is 6.10. The van der Waals surface area contributed by atoms with Crippen LogP contribution in [0.5, 0.6) is 0 Å². The molecule has 1 fully saturated rings. The van der Waals surface area contributed by atoms with Crippen LogP contribution < -0.4 is 4.90 Å². The standard InChI is InChI=1S/C16H13ClF2N2O2/c17-13-6-20-4-3-15(13)21-7-11(12(8-21)16(22)23)10-2-1-9(18)5-14(10)19/h1-6,11-12H,7-8H2,(H,22,23)/t11-,12+/m0/s1. The second-order valence-electron chi connectivity index (χ2n) is 5.45. The van der Waals surface area contributed by atoms with Gasteiger partial charge < -0.3 is 10.0 Å². The first kappa shape index (κ1) is 15.7. The number of anilines is 1. The van der Waals surface area contributed by atoms with Gasteiger partial charge in [0.15, 0.2) is 0 Å². The van der Waals surface area contributed by atoms with E-state index in [-0.39, 0.29) is 18.7 Å². The van der Waals surface area contributed by atoms with Gasteiger partial charge in [-0.25, -0.2) is 8.78 Å². The van der Waals surface area contributed by atoms with Gasteiger partial charge in [-0.2, -0.15) is 0 Å². The number of aliphatic carboxylic acids is 1. The van der Waals surface area contributed by atoms with E-state index in [1.807, 2.05) is 0 Å². The Morgan fingerprint density at radius 3 is 2.74 bits per heavy atom. The minimum Gasteiger partial charge on any atom is -0.481 e. The molecule has 1 N–H and O–H groups in total. The van der Waals surface area contributed by atoms with E-state index in [4.69, 9.17) is 11.6 Å². The van der Waals surface area contributed by atoms with Gasteiger partial charge in [0.2, 0.25) is 0 Å². The summed E-state index contributed by atoms with van der Waals surface area (Å²) in [6.45, 7) is 0.476. The Morgan fingerprint density at radius 2 is 2.09 bits per heavy atom. The van der Waals surface area contributed by atoms with E-state index in [1.165, 1.54) is 12.3 Å². The van der Waals surface area contributed by atoms with Crippen molar-refractivity contribution in [2.24, 2.45) is 5.92 Å². The van der Waals surface area contributed by atoms with Gasteiger partial charge >= 0.3 is 5.97 Å². The summed E-state index contributed by atoms with van der Waals surface area (Å²) in [5, 5.41) is 9.86. The number of benzene rings is 1. The van der Waals surface area contributed by atoms with Gasteiger partial charge in [0, 0.05) is 37.5 Å². The molecule has 0 saturated carbocycles. The first-order chi connectivity index (χ1) is 11.0. The van der Waals surface area contributed by atoms with E-state index in [2.05, 4.69) is 4.98 Å². The molecule has 2 aromatic rings. The molecule has 120 valence electrons. The number of halogens is 3. The molecule has 0 aliphatic carbocycles. The first-order valence-corrected chi connectivity index (χ1v) is 7.37. The van der Waals surface area contributed by atoms with Crippen LogP contribution in [-0.4, -0.2) is 29.1 Å². The van der Waals surface area contributed by atoms with Crippen LogP contribution in [0.15, 0.2) is 36.7 Å². The Morgan fingerprint density at radius 1 is 1.30 bits per heavy atom. The molecule has 0 radical (unpaired) electrons. The van der Waals surface area contributed by atoms with Crippen LogP contribution in [-0.2, 0) is 4.79 Å². The highest BCUT2D eigenvalue weighted by Gasteiger charge is 2.40. The number of nitrogens with zero attached hydrogens (tertiary/aromatic N) is 2. The minimum atomic E-state index is -1.02. The summed E-state index contributed by atoms with van der Waals surface area (Å²) in [4.78, 5) is 17.2. The number of hydrogen-bond donors (Lipinski definition) is 1. The Balaban J connectivity index is 1.96. The summed E-state index contributed by atoms with van der Waals surface area (Å²) in [5.41, 5.74) is 0.851. The molecular formula is C16H13ClF2N2O2. The maximum atomic E-state index is 14.1. The molecule has 1 aliphatic heterocycles. The predicted octanol–water partition coefficient (Wildman–Crippen LogP) is 3.32. The zero-order valence-electron chi connectivity index (χ0n) is 11.9. The molecule has 0 amide bonds. The third-order valence-corrected chi connectivity index (χ3v) is 4.38. The van der Waals surface area contributed by atoms with Crippen molar-refractivity contribution < 1.29 is 18.7 Å². The number of aromatic nitrogens is 1. The van der Waals surface area contributed by atoms with E-state index < -0.39 is 29.4 Å². The normalized spacial score (nSPS) is 20.7. The molecule has 0 unspecified atom stereocenters. The minimum absolute atomic E-state index is 0.195. The third-order valence-electron chi connectivity index (χ3n) is 4.09. The fraction of sp³-hybridized carbons (Fsp3) is 0.250. The van der Waals surface area contributed by atoms with E-state index in [0.717, 1.165) is 12.1 Å². The lowest BCUT2D eigenvalue weighted by molar-refractivity contribution is -0.141. The van der Waals surface area contributed by atoms with Crippen molar-refractivity contribution in [1.82, 2.24) is 4.98 Å². The number of pyridine rings is 1. The number of rotatable bonds is 3. The van der Waals surface area contributed by atoms with E-state index in [0.29, 0.717) is 10.7 Å². The molecule has 0 bridgehead atoms.